The molecule has 1 aliphatic rings. The lowest BCUT2D eigenvalue weighted by atomic mass is 10.1. The summed E-state index contributed by atoms with van der Waals surface area (Å²) < 4.78 is 0. The molecule has 0 unspecified atom stereocenters. The van der Waals surface area contributed by atoms with E-state index in [1.54, 1.807) is 11.8 Å². The monoisotopic (exact) mass is 341 g/mol. The molecule has 4 nitrogen and oxygen atoms in total. The predicted molar refractivity (Wildman–Crippen MR) is 97.4 cm³/mol. The van der Waals surface area contributed by atoms with Gasteiger partial charge in [0.15, 0.2) is 5.16 Å². The summed E-state index contributed by atoms with van der Waals surface area (Å²) in [6.07, 6.45) is 2.24. The van der Waals surface area contributed by atoms with Crippen molar-refractivity contribution in [1.29, 1.82) is 0 Å². The van der Waals surface area contributed by atoms with Gasteiger partial charge in [0, 0.05) is 35.8 Å². The molecule has 0 bridgehead atoms. The Hall–Kier alpha value is -1.88. The van der Waals surface area contributed by atoms with Crippen LogP contribution >= 0.6 is 11.8 Å². The zero-order valence-corrected chi connectivity index (χ0v) is 15.3. The van der Waals surface area contributed by atoms with Crippen LogP contribution in [0, 0.1) is 20.8 Å². The zero-order chi connectivity index (χ0) is 17.1. The molecule has 24 heavy (non-hydrogen) atoms. The maximum absolute atomic E-state index is 12.3. The van der Waals surface area contributed by atoms with Gasteiger partial charge < -0.3 is 4.90 Å². The molecular weight excluding hydrogens is 318 g/mol. The summed E-state index contributed by atoms with van der Waals surface area (Å²) in [5.41, 5.74) is 5.19. The van der Waals surface area contributed by atoms with Crippen LogP contribution in [0.5, 0.6) is 0 Å². The topological polar surface area (TPSA) is 46.1 Å². The van der Waals surface area contributed by atoms with Crippen LogP contribution in [0.1, 0.15) is 45.7 Å². The summed E-state index contributed by atoms with van der Waals surface area (Å²) in [7, 11) is 0. The fourth-order valence-electron chi connectivity index (χ4n) is 2.80. The van der Waals surface area contributed by atoms with Crippen LogP contribution in [0.2, 0.25) is 0 Å². The summed E-state index contributed by atoms with van der Waals surface area (Å²) in [5.74, 6) is 0.958. The van der Waals surface area contributed by atoms with Gasteiger partial charge in [0.25, 0.3) is 5.91 Å². The highest BCUT2D eigenvalue weighted by Crippen LogP contribution is 2.22. The average Bonchev–Trinajstić information content (AvgIpc) is 3.12. The molecule has 0 saturated carbocycles. The third kappa shape index (κ3) is 3.78. The number of hydrogen-bond donors (Lipinski definition) is 0. The number of nitrogens with zero attached hydrogens (tertiary/aromatic N) is 3. The van der Waals surface area contributed by atoms with Crippen LogP contribution < -0.4 is 0 Å². The van der Waals surface area contributed by atoms with Gasteiger partial charge in [-0.25, -0.2) is 9.97 Å². The van der Waals surface area contributed by atoms with Crippen molar-refractivity contribution >= 4 is 17.7 Å². The number of likely N-dealkylation sites (tertiary alicyclic amines) is 1. The Labute approximate surface area is 147 Å². The second-order valence-corrected chi connectivity index (χ2v) is 7.23. The molecule has 1 aromatic heterocycles. The molecule has 0 radical (unpaired) electrons. The van der Waals surface area contributed by atoms with Gasteiger partial charge in [0.1, 0.15) is 0 Å². The van der Waals surface area contributed by atoms with Crippen molar-refractivity contribution in [2.45, 2.75) is 44.5 Å². The first kappa shape index (κ1) is 17.0. The molecule has 0 N–H and O–H groups in total. The summed E-state index contributed by atoms with van der Waals surface area (Å²) in [5, 5.41) is 0.813. The summed E-state index contributed by atoms with van der Waals surface area (Å²) in [4.78, 5) is 23.4. The fraction of sp³-hybridized carbons (Fsp3) is 0.421. The van der Waals surface area contributed by atoms with E-state index in [4.69, 9.17) is 0 Å². The Morgan fingerprint density at radius 1 is 1.04 bits per heavy atom. The highest BCUT2D eigenvalue weighted by Gasteiger charge is 2.19. The number of amides is 1. The van der Waals surface area contributed by atoms with Crippen LogP contribution in [0.4, 0.5) is 0 Å². The number of rotatable bonds is 4. The van der Waals surface area contributed by atoms with Crippen molar-refractivity contribution < 1.29 is 4.79 Å². The van der Waals surface area contributed by atoms with Crippen LogP contribution in [0.3, 0.4) is 0 Å². The zero-order valence-electron chi connectivity index (χ0n) is 14.5. The average molecular weight is 341 g/mol. The Morgan fingerprint density at radius 2 is 1.62 bits per heavy atom. The minimum atomic E-state index is 0.153. The van der Waals surface area contributed by atoms with E-state index in [1.165, 1.54) is 5.56 Å². The third-order valence-electron chi connectivity index (χ3n) is 4.57. The smallest absolute Gasteiger partial charge is 0.253 e. The standard InChI is InChI=1S/C19H23N3OS/c1-13-14(2)20-19(21-15(13)3)24-12-16-6-8-17(9-7-16)18(23)22-10-4-5-11-22/h6-9H,4-5,10-12H2,1-3H3. The number of hydrogen-bond acceptors (Lipinski definition) is 4. The lowest BCUT2D eigenvalue weighted by Crippen LogP contribution is -2.27. The SMILES string of the molecule is Cc1nc(SCc2ccc(C(=O)N3CCCC3)cc2)nc(C)c1C. The first-order valence-electron chi connectivity index (χ1n) is 8.37. The highest BCUT2D eigenvalue weighted by atomic mass is 32.2. The van der Waals surface area contributed by atoms with Gasteiger partial charge in [-0.3, -0.25) is 4.79 Å². The molecule has 2 aromatic rings. The first-order chi connectivity index (χ1) is 11.5. The quantitative estimate of drug-likeness (QED) is 0.624. The second-order valence-electron chi connectivity index (χ2n) is 6.29. The molecule has 1 amide bonds. The van der Waals surface area contributed by atoms with Gasteiger partial charge in [-0.05, 0) is 56.9 Å². The van der Waals surface area contributed by atoms with Crippen LogP contribution in [-0.4, -0.2) is 33.9 Å². The Balaban J connectivity index is 1.63. The molecule has 1 aromatic carbocycles. The lowest BCUT2D eigenvalue weighted by Gasteiger charge is -2.15. The minimum absolute atomic E-state index is 0.153. The predicted octanol–water partition coefficient (Wildman–Crippen LogP) is 3.93. The van der Waals surface area contributed by atoms with Crippen molar-refractivity contribution in [2.75, 3.05) is 13.1 Å². The van der Waals surface area contributed by atoms with Crippen LogP contribution in [-0.2, 0) is 5.75 Å². The van der Waals surface area contributed by atoms with Crippen molar-refractivity contribution in [2.24, 2.45) is 0 Å². The largest absolute Gasteiger partial charge is 0.339 e. The minimum Gasteiger partial charge on any atom is -0.339 e. The van der Waals surface area contributed by atoms with Gasteiger partial charge in [0.05, 0.1) is 0 Å². The van der Waals surface area contributed by atoms with Gasteiger partial charge in [-0.15, -0.1) is 0 Å². The van der Waals surface area contributed by atoms with E-state index in [0.29, 0.717) is 0 Å². The van der Waals surface area contributed by atoms with Crippen molar-refractivity contribution in [3.63, 3.8) is 0 Å². The van der Waals surface area contributed by atoms with Gasteiger partial charge in [0.2, 0.25) is 0 Å². The van der Waals surface area contributed by atoms with E-state index < -0.39 is 0 Å². The summed E-state index contributed by atoms with van der Waals surface area (Å²) in [6, 6.07) is 7.93. The van der Waals surface area contributed by atoms with E-state index >= 15 is 0 Å². The van der Waals surface area contributed by atoms with E-state index in [9.17, 15) is 4.79 Å². The van der Waals surface area contributed by atoms with E-state index in [1.807, 2.05) is 43.0 Å². The Morgan fingerprint density at radius 3 is 2.21 bits per heavy atom. The maximum Gasteiger partial charge on any atom is 0.253 e. The Bertz CT molecular complexity index is 714. The molecule has 0 aliphatic carbocycles. The van der Waals surface area contributed by atoms with Crippen LogP contribution in [0.15, 0.2) is 29.4 Å². The molecule has 1 aliphatic heterocycles. The van der Waals surface area contributed by atoms with Gasteiger partial charge in [-0.1, -0.05) is 23.9 Å². The fourth-order valence-corrected chi connectivity index (χ4v) is 3.69. The molecular formula is C19H23N3OS. The molecule has 5 heteroatoms. The number of carbonyl (C=O) groups is 1. The van der Waals surface area contributed by atoms with Crippen molar-refractivity contribution in [3.8, 4) is 0 Å². The van der Waals surface area contributed by atoms with Crippen molar-refractivity contribution in [1.82, 2.24) is 14.9 Å². The number of thioether (sulfide) groups is 1. The summed E-state index contributed by atoms with van der Waals surface area (Å²) >= 11 is 1.63. The number of carbonyl (C=O) groups excluding carboxylic acids is 1. The second kappa shape index (κ2) is 7.34. The molecule has 3 rings (SSSR count). The number of aryl methyl sites for hydroxylation is 2. The third-order valence-corrected chi connectivity index (χ3v) is 5.49. The van der Waals surface area contributed by atoms with E-state index in [0.717, 1.165) is 59.4 Å². The molecule has 1 saturated heterocycles. The molecule has 2 heterocycles. The molecule has 1 fully saturated rings. The van der Waals surface area contributed by atoms with E-state index in [2.05, 4.69) is 16.9 Å². The van der Waals surface area contributed by atoms with Gasteiger partial charge in [-0.2, -0.15) is 0 Å². The number of aromatic nitrogens is 2. The van der Waals surface area contributed by atoms with Crippen LogP contribution in [0.25, 0.3) is 0 Å². The maximum atomic E-state index is 12.3. The van der Waals surface area contributed by atoms with Gasteiger partial charge >= 0.3 is 0 Å². The first-order valence-corrected chi connectivity index (χ1v) is 9.36. The molecule has 126 valence electrons. The molecule has 0 atom stereocenters. The normalized spacial score (nSPS) is 14.2. The summed E-state index contributed by atoms with van der Waals surface area (Å²) in [6.45, 7) is 7.87. The lowest BCUT2D eigenvalue weighted by molar-refractivity contribution is 0.0793. The number of benzene rings is 1. The van der Waals surface area contributed by atoms with Crippen molar-refractivity contribution in [3.05, 3.63) is 52.3 Å². The molecule has 0 spiro atoms. The Kier molecular flexibility index (Phi) is 5.19. The van der Waals surface area contributed by atoms with E-state index in [-0.39, 0.29) is 5.91 Å². The highest BCUT2D eigenvalue weighted by molar-refractivity contribution is 7.98.